The molecule has 0 bridgehead atoms. The zero-order valence-electron chi connectivity index (χ0n) is 11.0. The Bertz CT molecular complexity index is 433. The van der Waals surface area contributed by atoms with Gasteiger partial charge in [-0.25, -0.2) is 0 Å². The molecule has 0 aromatic heterocycles. The molecule has 2 atom stereocenters. The molecule has 2 unspecified atom stereocenters. The van der Waals surface area contributed by atoms with Crippen LogP contribution in [0.25, 0.3) is 0 Å². The molecule has 4 nitrogen and oxygen atoms in total. The van der Waals surface area contributed by atoms with Gasteiger partial charge in [0.25, 0.3) is 0 Å². The van der Waals surface area contributed by atoms with Crippen molar-refractivity contribution >= 4 is 11.6 Å². The quantitative estimate of drug-likeness (QED) is 0.846. The van der Waals surface area contributed by atoms with Gasteiger partial charge >= 0.3 is 0 Å². The molecule has 0 aliphatic carbocycles. The number of carbonyl (C=O) groups is 1. The Morgan fingerprint density at radius 1 is 1.56 bits per heavy atom. The van der Waals surface area contributed by atoms with Gasteiger partial charge in [0.15, 0.2) is 0 Å². The van der Waals surface area contributed by atoms with E-state index < -0.39 is 0 Å². The topological polar surface area (TPSA) is 58.4 Å². The highest BCUT2D eigenvalue weighted by molar-refractivity contribution is 5.84. The van der Waals surface area contributed by atoms with E-state index >= 15 is 0 Å². The fraction of sp³-hybridized carbons (Fsp3) is 0.500. The van der Waals surface area contributed by atoms with Crippen molar-refractivity contribution in [2.75, 3.05) is 18.5 Å². The molecule has 0 saturated carbocycles. The maximum atomic E-state index is 11.6. The van der Waals surface area contributed by atoms with E-state index in [1.165, 1.54) is 5.56 Å². The minimum absolute atomic E-state index is 0.205. The number of anilines is 1. The zero-order chi connectivity index (χ0) is 13.1. The van der Waals surface area contributed by atoms with Gasteiger partial charge in [-0.2, -0.15) is 0 Å². The van der Waals surface area contributed by atoms with Gasteiger partial charge in [0.05, 0.1) is 0 Å². The van der Waals surface area contributed by atoms with Crippen LogP contribution in [0.4, 0.5) is 5.69 Å². The van der Waals surface area contributed by atoms with Crippen LogP contribution in [0.1, 0.15) is 31.4 Å². The van der Waals surface area contributed by atoms with Crippen LogP contribution in [0.15, 0.2) is 24.3 Å². The predicted molar refractivity (Wildman–Crippen MR) is 73.5 cm³/mol. The number of benzene rings is 1. The summed E-state index contributed by atoms with van der Waals surface area (Å²) in [4.78, 5) is 13.7. The molecule has 3 N–H and O–H groups in total. The largest absolute Gasteiger partial charge is 0.368 e. The number of para-hydroxylation sites is 1. The number of primary amides is 1. The van der Waals surface area contributed by atoms with Gasteiger partial charge in [-0.05, 0) is 31.5 Å². The summed E-state index contributed by atoms with van der Waals surface area (Å²) in [7, 11) is 1.97. The van der Waals surface area contributed by atoms with Crippen LogP contribution in [-0.2, 0) is 4.79 Å². The van der Waals surface area contributed by atoms with Crippen molar-refractivity contribution in [1.29, 1.82) is 0 Å². The van der Waals surface area contributed by atoms with Gasteiger partial charge < -0.3 is 16.0 Å². The Labute approximate surface area is 108 Å². The summed E-state index contributed by atoms with van der Waals surface area (Å²) in [6, 6.07) is 8.41. The Hall–Kier alpha value is -1.55. The summed E-state index contributed by atoms with van der Waals surface area (Å²) in [5.74, 6) is -0.241. The molecule has 1 amide bonds. The summed E-state index contributed by atoms with van der Waals surface area (Å²) in [6.45, 7) is 2.87. The fourth-order valence-corrected chi connectivity index (χ4v) is 2.79. The third kappa shape index (κ3) is 2.20. The second-order valence-electron chi connectivity index (χ2n) is 4.71. The number of fused-ring (bicyclic) bond motifs is 1. The lowest BCUT2D eigenvalue weighted by Crippen LogP contribution is -2.48. The third-order valence-electron chi connectivity index (χ3n) is 3.72. The highest BCUT2D eigenvalue weighted by Gasteiger charge is 2.30. The normalized spacial score (nSPS) is 20.3. The van der Waals surface area contributed by atoms with Crippen molar-refractivity contribution in [2.45, 2.75) is 31.8 Å². The minimum Gasteiger partial charge on any atom is -0.368 e. The van der Waals surface area contributed by atoms with E-state index in [2.05, 4.69) is 22.3 Å². The average molecular weight is 247 g/mol. The van der Waals surface area contributed by atoms with E-state index in [9.17, 15) is 4.79 Å². The van der Waals surface area contributed by atoms with Crippen molar-refractivity contribution in [3.63, 3.8) is 0 Å². The summed E-state index contributed by atoms with van der Waals surface area (Å²) in [6.07, 6.45) is 1.74. The Morgan fingerprint density at radius 3 is 2.89 bits per heavy atom. The van der Waals surface area contributed by atoms with Crippen molar-refractivity contribution in [1.82, 2.24) is 5.32 Å². The maximum absolute atomic E-state index is 11.6. The molecule has 18 heavy (non-hydrogen) atoms. The molecule has 4 heteroatoms. The second kappa shape index (κ2) is 5.40. The number of amides is 1. The van der Waals surface area contributed by atoms with E-state index in [4.69, 9.17) is 5.73 Å². The van der Waals surface area contributed by atoms with Crippen molar-refractivity contribution in [3.05, 3.63) is 29.8 Å². The number of nitrogens with zero attached hydrogens (tertiary/aromatic N) is 1. The second-order valence-corrected chi connectivity index (χ2v) is 4.71. The van der Waals surface area contributed by atoms with Crippen LogP contribution in [-0.4, -0.2) is 25.5 Å². The standard InChI is InChI=1S/C14H21N3O/c1-3-12(14(15)18)17-9-8-11(16-2)10-6-4-5-7-13(10)17/h4-7,11-12,16H,3,8-9H2,1-2H3,(H2,15,18). The van der Waals surface area contributed by atoms with Crippen molar-refractivity contribution < 1.29 is 4.79 Å². The monoisotopic (exact) mass is 247 g/mol. The zero-order valence-corrected chi connectivity index (χ0v) is 11.0. The van der Waals surface area contributed by atoms with E-state index in [-0.39, 0.29) is 11.9 Å². The summed E-state index contributed by atoms with van der Waals surface area (Å²) in [5, 5.41) is 3.32. The van der Waals surface area contributed by atoms with Crippen molar-refractivity contribution in [3.8, 4) is 0 Å². The lowest BCUT2D eigenvalue weighted by Gasteiger charge is -2.39. The van der Waals surface area contributed by atoms with Crippen LogP contribution < -0.4 is 16.0 Å². The first-order chi connectivity index (χ1) is 8.69. The Kier molecular flexibility index (Phi) is 3.87. The lowest BCUT2D eigenvalue weighted by molar-refractivity contribution is -0.119. The molecule has 1 aliphatic rings. The van der Waals surface area contributed by atoms with Gasteiger partial charge in [0.2, 0.25) is 5.91 Å². The van der Waals surface area contributed by atoms with E-state index in [1.807, 2.05) is 26.1 Å². The SMILES string of the molecule is CCC(C(N)=O)N1CCC(NC)c2ccccc21. The number of hydrogen-bond donors (Lipinski definition) is 2. The minimum atomic E-state index is -0.241. The van der Waals surface area contributed by atoms with Gasteiger partial charge in [-0.3, -0.25) is 4.79 Å². The van der Waals surface area contributed by atoms with Crippen LogP contribution in [0.2, 0.25) is 0 Å². The molecule has 1 aromatic carbocycles. The summed E-state index contributed by atoms with van der Waals surface area (Å²) < 4.78 is 0. The van der Waals surface area contributed by atoms with Gasteiger partial charge in [-0.15, -0.1) is 0 Å². The number of carbonyl (C=O) groups excluding carboxylic acids is 1. The van der Waals surface area contributed by atoms with Gasteiger partial charge in [0, 0.05) is 18.3 Å². The van der Waals surface area contributed by atoms with Crippen LogP contribution in [0, 0.1) is 0 Å². The molecule has 0 spiro atoms. The molecule has 1 heterocycles. The molecule has 2 rings (SSSR count). The first kappa shape index (κ1) is 12.9. The predicted octanol–water partition coefficient (Wildman–Crippen LogP) is 1.42. The summed E-state index contributed by atoms with van der Waals surface area (Å²) >= 11 is 0. The molecule has 98 valence electrons. The number of hydrogen-bond acceptors (Lipinski definition) is 3. The Balaban J connectivity index is 2.38. The molecule has 0 radical (unpaired) electrons. The molecule has 0 fully saturated rings. The van der Waals surface area contributed by atoms with Gasteiger partial charge in [-0.1, -0.05) is 25.1 Å². The van der Waals surface area contributed by atoms with Crippen LogP contribution >= 0.6 is 0 Å². The highest BCUT2D eigenvalue weighted by Crippen LogP contribution is 2.34. The Morgan fingerprint density at radius 2 is 2.28 bits per heavy atom. The smallest absolute Gasteiger partial charge is 0.240 e. The molecular weight excluding hydrogens is 226 g/mol. The van der Waals surface area contributed by atoms with Gasteiger partial charge in [0.1, 0.15) is 6.04 Å². The third-order valence-corrected chi connectivity index (χ3v) is 3.72. The molecular formula is C14H21N3O. The number of nitrogens with one attached hydrogen (secondary N) is 1. The molecule has 1 aliphatic heterocycles. The van der Waals surface area contributed by atoms with Crippen LogP contribution in [0.3, 0.4) is 0 Å². The van der Waals surface area contributed by atoms with E-state index in [0.717, 1.165) is 25.1 Å². The van der Waals surface area contributed by atoms with Crippen molar-refractivity contribution in [2.24, 2.45) is 5.73 Å². The van der Waals surface area contributed by atoms with Crippen LogP contribution in [0.5, 0.6) is 0 Å². The molecule has 0 saturated heterocycles. The average Bonchev–Trinajstić information content (AvgIpc) is 2.39. The number of nitrogens with two attached hydrogens (primary N) is 1. The highest BCUT2D eigenvalue weighted by atomic mass is 16.1. The summed E-state index contributed by atoms with van der Waals surface area (Å²) in [5.41, 5.74) is 7.89. The fourth-order valence-electron chi connectivity index (χ4n) is 2.79. The lowest BCUT2D eigenvalue weighted by atomic mass is 9.94. The molecule has 1 aromatic rings. The first-order valence-corrected chi connectivity index (χ1v) is 6.51. The van der Waals surface area contributed by atoms with E-state index in [0.29, 0.717) is 6.04 Å². The first-order valence-electron chi connectivity index (χ1n) is 6.51. The maximum Gasteiger partial charge on any atom is 0.240 e. The van der Waals surface area contributed by atoms with E-state index in [1.54, 1.807) is 0 Å². The number of rotatable bonds is 4.